The van der Waals surface area contributed by atoms with E-state index in [1.807, 2.05) is 42.5 Å². The van der Waals surface area contributed by atoms with Gasteiger partial charge in [-0.3, -0.25) is 4.79 Å². The van der Waals surface area contributed by atoms with Crippen LogP contribution in [-0.2, 0) is 11.2 Å². The van der Waals surface area contributed by atoms with Gasteiger partial charge in [-0.15, -0.1) is 0 Å². The van der Waals surface area contributed by atoms with Gasteiger partial charge in [-0.2, -0.15) is 5.10 Å². The van der Waals surface area contributed by atoms with Crippen LogP contribution in [0.3, 0.4) is 0 Å². The van der Waals surface area contributed by atoms with Crippen molar-refractivity contribution in [3.8, 4) is 5.69 Å². The molecule has 0 fully saturated rings. The van der Waals surface area contributed by atoms with Crippen molar-refractivity contribution in [3.05, 3.63) is 98.9 Å². The predicted molar refractivity (Wildman–Crippen MR) is 131 cm³/mol. The summed E-state index contributed by atoms with van der Waals surface area (Å²) in [5.74, 6) is -0.131. The Morgan fingerprint density at radius 1 is 1.03 bits per heavy atom. The number of carbonyl (C=O) groups is 1. The van der Waals surface area contributed by atoms with Gasteiger partial charge in [0.2, 0.25) is 5.91 Å². The number of aromatic nitrogens is 1. The highest BCUT2D eigenvalue weighted by molar-refractivity contribution is 14.1. The topological polar surface area (TPSA) is 46.4 Å². The van der Waals surface area contributed by atoms with Crippen molar-refractivity contribution in [2.75, 3.05) is 0 Å². The molecule has 0 unspecified atom stereocenters. The van der Waals surface area contributed by atoms with E-state index in [2.05, 4.69) is 81.9 Å². The van der Waals surface area contributed by atoms with E-state index in [-0.39, 0.29) is 5.91 Å². The maximum absolute atomic E-state index is 12.4. The summed E-state index contributed by atoms with van der Waals surface area (Å²) < 4.78 is 3.39. The van der Waals surface area contributed by atoms with Crippen molar-refractivity contribution in [3.63, 3.8) is 0 Å². The Hall–Kier alpha value is -2.93. The molecule has 1 heterocycles. The first-order chi connectivity index (χ1) is 14.5. The number of benzene rings is 3. The normalized spacial score (nSPS) is 11.3. The van der Waals surface area contributed by atoms with Crippen LogP contribution in [0, 0.1) is 17.4 Å². The molecular formula is C25H22IN3O. The van der Waals surface area contributed by atoms with Gasteiger partial charge >= 0.3 is 0 Å². The minimum atomic E-state index is -0.131. The van der Waals surface area contributed by atoms with Crippen molar-refractivity contribution < 1.29 is 4.79 Å². The smallest absolute Gasteiger partial charge is 0.244 e. The van der Waals surface area contributed by atoms with Crippen molar-refractivity contribution in [2.45, 2.75) is 20.3 Å². The first kappa shape index (κ1) is 20.3. The first-order valence-electron chi connectivity index (χ1n) is 9.77. The quantitative estimate of drug-likeness (QED) is 0.215. The molecule has 30 heavy (non-hydrogen) atoms. The van der Waals surface area contributed by atoms with E-state index in [1.54, 1.807) is 6.21 Å². The summed E-state index contributed by atoms with van der Waals surface area (Å²) in [4.78, 5) is 12.4. The lowest BCUT2D eigenvalue weighted by Gasteiger charge is -2.11. The van der Waals surface area contributed by atoms with Crippen LogP contribution in [0.4, 0.5) is 0 Å². The van der Waals surface area contributed by atoms with Crippen LogP contribution in [0.5, 0.6) is 0 Å². The molecule has 0 saturated heterocycles. The molecule has 1 N–H and O–H groups in total. The van der Waals surface area contributed by atoms with Gasteiger partial charge in [0, 0.05) is 20.5 Å². The van der Waals surface area contributed by atoms with Gasteiger partial charge in [-0.05, 0) is 71.0 Å². The van der Waals surface area contributed by atoms with Crippen molar-refractivity contribution in [1.29, 1.82) is 0 Å². The molecule has 0 aliphatic carbocycles. The zero-order chi connectivity index (χ0) is 21.1. The van der Waals surface area contributed by atoms with E-state index < -0.39 is 0 Å². The standard InChI is InChI=1S/C25H22IN3O/c1-17-14-21(18(2)29(17)24-13-6-5-12-23(24)26)16-27-28-25(30)15-20-10-7-9-19-8-3-4-11-22(19)20/h3-14,16H,15H2,1-2H3,(H,28,30)/b27-16-. The Bertz CT molecular complexity index is 1250. The Balaban J connectivity index is 1.49. The Morgan fingerprint density at radius 3 is 2.60 bits per heavy atom. The maximum atomic E-state index is 12.4. The second-order valence-electron chi connectivity index (χ2n) is 7.22. The Kier molecular flexibility index (Phi) is 5.99. The number of carbonyl (C=O) groups excluding carboxylic acids is 1. The lowest BCUT2D eigenvalue weighted by atomic mass is 10.0. The summed E-state index contributed by atoms with van der Waals surface area (Å²) >= 11 is 2.35. The van der Waals surface area contributed by atoms with Crippen LogP contribution in [0.1, 0.15) is 22.5 Å². The van der Waals surface area contributed by atoms with Gasteiger partial charge in [0.25, 0.3) is 0 Å². The average molecular weight is 507 g/mol. The summed E-state index contributed by atoms with van der Waals surface area (Å²) in [6.07, 6.45) is 2.01. The molecule has 4 rings (SSSR count). The fraction of sp³-hybridized carbons (Fsp3) is 0.120. The molecule has 150 valence electrons. The van der Waals surface area contributed by atoms with E-state index in [0.29, 0.717) is 6.42 Å². The fourth-order valence-electron chi connectivity index (χ4n) is 3.76. The molecule has 1 amide bonds. The molecule has 0 radical (unpaired) electrons. The molecule has 1 aromatic heterocycles. The number of para-hydroxylation sites is 1. The SMILES string of the molecule is Cc1cc(/C=N\NC(=O)Cc2cccc3ccccc23)c(C)n1-c1ccccc1I. The number of amides is 1. The van der Waals surface area contributed by atoms with E-state index in [0.717, 1.165) is 39.0 Å². The summed E-state index contributed by atoms with van der Waals surface area (Å²) in [7, 11) is 0. The molecular weight excluding hydrogens is 485 g/mol. The number of nitrogens with zero attached hydrogens (tertiary/aromatic N) is 2. The molecule has 4 aromatic rings. The Labute approximate surface area is 189 Å². The molecule has 0 bridgehead atoms. The maximum Gasteiger partial charge on any atom is 0.244 e. The lowest BCUT2D eigenvalue weighted by molar-refractivity contribution is -0.120. The van der Waals surface area contributed by atoms with E-state index in [1.165, 1.54) is 3.57 Å². The minimum Gasteiger partial charge on any atom is -0.317 e. The summed E-state index contributed by atoms with van der Waals surface area (Å²) in [5, 5.41) is 6.44. The third-order valence-electron chi connectivity index (χ3n) is 5.19. The van der Waals surface area contributed by atoms with E-state index in [4.69, 9.17) is 0 Å². The summed E-state index contributed by atoms with van der Waals surface area (Å²) in [6.45, 7) is 4.14. The van der Waals surface area contributed by atoms with Gasteiger partial charge in [0.1, 0.15) is 0 Å². The number of fused-ring (bicyclic) bond motifs is 1. The van der Waals surface area contributed by atoms with Gasteiger partial charge < -0.3 is 4.57 Å². The second-order valence-corrected chi connectivity index (χ2v) is 8.38. The van der Waals surface area contributed by atoms with Crippen LogP contribution in [0.2, 0.25) is 0 Å². The average Bonchev–Trinajstić information content (AvgIpc) is 3.02. The number of hydrogen-bond acceptors (Lipinski definition) is 2. The molecule has 5 heteroatoms. The number of nitrogens with one attached hydrogen (secondary N) is 1. The highest BCUT2D eigenvalue weighted by Crippen LogP contribution is 2.24. The van der Waals surface area contributed by atoms with E-state index >= 15 is 0 Å². The lowest BCUT2D eigenvalue weighted by Crippen LogP contribution is -2.20. The highest BCUT2D eigenvalue weighted by Gasteiger charge is 2.12. The molecule has 0 aliphatic rings. The zero-order valence-electron chi connectivity index (χ0n) is 16.9. The van der Waals surface area contributed by atoms with Crippen LogP contribution in [0.15, 0.2) is 77.9 Å². The molecule has 4 nitrogen and oxygen atoms in total. The Morgan fingerprint density at radius 2 is 1.77 bits per heavy atom. The van der Waals surface area contributed by atoms with Crippen LogP contribution >= 0.6 is 22.6 Å². The molecule has 3 aromatic carbocycles. The fourth-order valence-corrected chi connectivity index (χ4v) is 4.38. The number of hydrazone groups is 1. The van der Waals surface area contributed by atoms with E-state index in [9.17, 15) is 4.79 Å². The van der Waals surface area contributed by atoms with Gasteiger partial charge in [0.15, 0.2) is 0 Å². The van der Waals surface area contributed by atoms with Crippen LogP contribution < -0.4 is 5.43 Å². The first-order valence-corrected chi connectivity index (χ1v) is 10.8. The molecule has 0 spiro atoms. The monoisotopic (exact) mass is 507 g/mol. The second kappa shape index (κ2) is 8.83. The van der Waals surface area contributed by atoms with Crippen LogP contribution in [-0.4, -0.2) is 16.7 Å². The third kappa shape index (κ3) is 4.16. The van der Waals surface area contributed by atoms with Crippen molar-refractivity contribution >= 4 is 45.5 Å². The number of rotatable bonds is 5. The molecule has 0 aliphatic heterocycles. The summed E-state index contributed by atoms with van der Waals surface area (Å²) in [5.41, 5.74) is 8.01. The van der Waals surface area contributed by atoms with Crippen molar-refractivity contribution in [2.24, 2.45) is 5.10 Å². The highest BCUT2D eigenvalue weighted by atomic mass is 127. The largest absolute Gasteiger partial charge is 0.317 e. The summed E-state index contributed by atoms with van der Waals surface area (Å²) in [6, 6.07) is 24.5. The van der Waals surface area contributed by atoms with Gasteiger partial charge in [-0.25, -0.2) is 5.43 Å². The van der Waals surface area contributed by atoms with Crippen molar-refractivity contribution in [1.82, 2.24) is 9.99 Å². The minimum absolute atomic E-state index is 0.131. The third-order valence-corrected chi connectivity index (χ3v) is 6.10. The van der Waals surface area contributed by atoms with Crippen LogP contribution in [0.25, 0.3) is 16.5 Å². The zero-order valence-corrected chi connectivity index (χ0v) is 19.1. The number of halogens is 1. The van der Waals surface area contributed by atoms with Gasteiger partial charge in [0.05, 0.1) is 18.3 Å². The van der Waals surface area contributed by atoms with Gasteiger partial charge in [-0.1, -0.05) is 54.6 Å². The molecule has 0 atom stereocenters. The number of hydrogen-bond donors (Lipinski definition) is 1. The predicted octanol–water partition coefficient (Wildman–Crippen LogP) is 5.54. The molecule has 0 saturated carbocycles. The number of aryl methyl sites for hydroxylation is 1.